The molecule has 0 saturated carbocycles. The van der Waals surface area contributed by atoms with E-state index in [4.69, 9.17) is 17.2 Å². The van der Waals surface area contributed by atoms with Gasteiger partial charge in [-0.3, -0.25) is 57.5 Å². The summed E-state index contributed by atoms with van der Waals surface area (Å²) in [6, 6.07) is -5.60. The summed E-state index contributed by atoms with van der Waals surface area (Å²) >= 11 is 1.39. The zero-order valence-corrected chi connectivity index (χ0v) is 53.7. The van der Waals surface area contributed by atoms with Crippen LogP contribution in [-0.2, 0) is 68.7 Å². The molecule has 0 spiro atoms. The molecule has 0 radical (unpaired) electrons. The number of aliphatic hydroxyl groups excluding tert-OH is 1. The number of nitrogens with one attached hydrogen (secondary N) is 11. The summed E-state index contributed by atoms with van der Waals surface area (Å²) < 4.78 is 0. The van der Waals surface area contributed by atoms with E-state index in [2.05, 4.69) is 58.2 Å². The van der Waals surface area contributed by atoms with E-state index in [9.17, 15) is 72.5 Å². The fraction of sp³-hybridized carbons (Fsp3) is 0.644. The molecule has 1 saturated heterocycles. The Morgan fingerprint density at radius 3 is 1.77 bits per heavy atom. The first kappa shape index (κ1) is 76.3. The number of carboxylic acid groups (broad SMARTS) is 1. The van der Waals surface area contributed by atoms with Crippen LogP contribution in [0.4, 0.5) is 0 Å². The number of H-pyrrole nitrogens is 1. The Kier molecular flexibility index (Phi) is 32.2. The van der Waals surface area contributed by atoms with Gasteiger partial charge in [-0.05, 0) is 113 Å². The van der Waals surface area contributed by atoms with Crippen LogP contribution in [0, 0.1) is 17.8 Å². The van der Waals surface area contributed by atoms with Crippen molar-refractivity contribution in [3.63, 3.8) is 0 Å². The summed E-state index contributed by atoms with van der Waals surface area (Å²) in [6.07, 6.45) is 3.22. The minimum absolute atomic E-state index is 0.0104. The molecule has 11 atom stereocenters. The molecule has 1 aliphatic rings. The van der Waals surface area contributed by atoms with Gasteiger partial charge < -0.3 is 90.5 Å². The average Bonchev–Trinajstić information content (AvgIpc) is 1.73. The van der Waals surface area contributed by atoms with E-state index < -0.39 is 169 Å². The summed E-state index contributed by atoms with van der Waals surface area (Å²) in [5.74, 6) is -11.6. The van der Waals surface area contributed by atoms with Crippen molar-refractivity contribution < 1.29 is 72.5 Å². The zero-order chi connectivity index (χ0) is 67.5. The largest absolute Gasteiger partial charge is 0.480 e. The van der Waals surface area contributed by atoms with Crippen molar-refractivity contribution in [1.82, 2.24) is 63.1 Å². The van der Waals surface area contributed by atoms with Crippen molar-refractivity contribution >= 4 is 99.5 Å². The number of primary amides is 1. The molecule has 0 unspecified atom stereocenters. The summed E-state index contributed by atoms with van der Waals surface area (Å²) in [5, 5.41) is 45.5. The minimum Gasteiger partial charge on any atom is -0.480 e. The molecule has 90 heavy (non-hydrogen) atoms. The number of hydrogen-bond acceptors (Lipinski definition) is 17. The number of likely N-dealkylation sites (tertiary alicyclic amines) is 1. The highest BCUT2D eigenvalue weighted by Crippen LogP contribution is 2.24. The third kappa shape index (κ3) is 25.2. The number of aliphatic carboxylic acids is 1. The van der Waals surface area contributed by atoms with Crippen molar-refractivity contribution in [2.45, 2.75) is 186 Å². The standard InChI is InChI=1S/C59H95N15O15S/c1-30(2)23-40(71-55(84)42(26-45(61)76)70-50(79)33(7)66-46(77)28-64-51(80)39(19-22-90-9)69-57(86)48(62)34(8)75)52(81)65-29-47(78)67-41(24-31(3)4)54(83)68-38(17-12-13-20-60)53(82)72-43(25-35-27-63-37-16-11-10-15-36(35)37)58(87)74-21-14-18-44(74)56(85)73-49(32(5)6)59(88)89/h10-11,15-16,27,30-34,38-44,48-49,63,75H,12-14,17-26,28-29,60,62H2,1-9H3,(H2,61,76)(H,64,80)(H,65,81)(H,66,77)(H,67,78)(H,68,83)(H,69,86)(H,70,79)(H,71,84)(H,72,82)(H,73,85)(H,88,89)/t33-,34+,38-,39-,40-,41-,42-,43-,44-,48-,49-/m0/s1. The molecule has 19 N–H and O–H groups in total. The number of thioether (sulfide) groups is 1. The summed E-state index contributed by atoms with van der Waals surface area (Å²) in [4.78, 5) is 179. The molecule has 502 valence electrons. The van der Waals surface area contributed by atoms with Gasteiger partial charge in [-0.15, -0.1) is 0 Å². The van der Waals surface area contributed by atoms with Gasteiger partial charge in [-0.2, -0.15) is 11.8 Å². The topological polar surface area (TPSA) is 480 Å². The second kappa shape index (κ2) is 37.9. The smallest absolute Gasteiger partial charge is 0.326 e. The van der Waals surface area contributed by atoms with Gasteiger partial charge in [0.05, 0.1) is 25.6 Å². The Balaban J connectivity index is 1.76. The molecule has 2 aromatic rings. The summed E-state index contributed by atoms with van der Waals surface area (Å²) in [7, 11) is 0. The Morgan fingerprint density at radius 2 is 1.19 bits per heavy atom. The molecule has 3 rings (SSSR count). The van der Waals surface area contributed by atoms with Gasteiger partial charge >= 0.3 is 5.97 Å². The zero-order valence-electron chi connectivity index (χ0n) is 52.9. The van der Waals surface area contributed by atoms with Gasteiger partial charge in [0.15, 0.2) is 0 Å². The molecule has 0 aliphatic carbocycles. The number of hydrogen-bond donors (Lipinski definition) is 16. The lowest BCUT2D eigenvalue weighted by atomic mass is 10.0. The molecular formula is C59H95N15O15S. The lowest BCUT2D eigenvalue weighted by molar-refractivity contribution is -0.146. The molecule has 1 aromatic carbocycles. The van der Waals surface area contributed by atoms with Crippen LogP contribution in [-0.4, -0.2) is 202 Å². The fourth-order valence-corrected chi connectivity index (χ4v) is 10.3. The first-order valence-corrected chi connectivity index (χ1v) is 31.7. The highest BCUT2D eigenvalue weighted by atomic mass is 32.2. The second-order valence-corrected chi connectivity index (χ2v) is 24.7. The number of nitrogens with zero attached hydrogens (tertiary/aromatic N) is 1. The number of amides is 12. The van der Waals surface area contributed by atoms with Crippen molar-refractivity contribution in [3.05, 3.63) is 36.0 Å². The maximum Gasteiger partial charge on any atom is 0.326 e. The summed E-state index contributed by atoms with van der Waals surface area (Å²) in [5.41, 5.74) is 18.4. The SMILES string of the molecule is CSCC[C@H](NC(=O)[C@@H](N)[C@@H](C)O)C(=O)NCC(=O)N[C@@H](C)C(=O)N[C@@H](CC(N)=O)C(=O)N[C@@H](CC(C)C)C(=O)NCC(=O)N[C@@H](CC(C)C)C(=O)N[C@@H](CCCCN)C(=O)N[C@@H](Cc1c[nH]c2ccccc12)C(=O)N1CCC[C@H]1C(=O)N[C@H](C(=O)O)C(C)C. The number of fused-ring (bicyclic) bond motifs is 1. The highest BCUT2D eigenvalue weighted by Gasteiger charge is 2.41. The van der Waals surface area contributed by atoms with Crippen LogP contribution in [0.2, 0.25) is 0 Å². The van der Waals surface area contributed by atoms with Crippen LogP contribution in [0.25, 0.3) is 10.9 Å². The third-order valence-corrected chi connectivity index (χ3v) is 15.4. The van der Waals surface area contributed by atoms with Gasteiger partial charge in [0.1, 0.15) is 60.4 Å². The van der Waals surface area contributed by atoms with E-state index in [0.29, 0.717) is 30.6 Å². The molecular weight excluding hydrogens is 1190 g/mol. The van der Waals surface area contributed by atoms with Gasteiger partial charge in [-0.1, -0.05) is 59.7 Å². The number of aliphatic hydroxyl groups is 1. The molecule has 12 amide bonds. The third-order valence-electron chi connectivity index (χ3n) is 14.8. The van der Waals surface area contributed by atoms with Crippen LogP contribution < -0.4 is 70.4 Å². The predicted molar refractivity (Wildman–Crippen MR) is 335 cm³/mol. The van der Waals surface area contributed by atoms with Crippen LogP contribution in [0.1, 0.15) is 119 Å². The van der Waals surface area contributed by atoms with E-state index in [1.54, 1.807) is 54.0 Å². The Morgan fingerprint density at radius 1 is 0.656 bits per heavy atom. The molecule has 0 bridgehead atoms. The molecule has 30 nitrogen and oxygen atoms in total. The van der Waals surface area contributed by atoms with E-state index in [0.717, 1.165) is 10.9 Å². The van der Waals surface area contributed by atoms with Crippen molar-refractivity contribution in [2.24, 2.45) is 35.0 Å². The first-order chi connectivity index (χ1) is 42.4. The van der Waals surface area contributed by atoms with Crippen LogP contribution in [0.15, 0.2) is 30.5 Å². The van der Waals surface area contributed by atoms with Crippen molar-refractivity contribution in [1.29, 1.82) is 0 Å². The Labute approximate surface area is 528 Å². The first-order valence-electron chi connectivity index (χ1n) is 30.3. The van der Waals surface area contributed by atoms with Crippen LogP contribution in [0.3, 0.4) is 0 Å². The number of aromatic nitrogens is 1. The number of rotatable bonds is 39. The Bertz CT molecular complexity index is 2820. The van der Waals surface area contributed by atoms with E-state index >= 15 is 0 Å². The van der Waals surface area contributed by atoms with Crippen LogP contribution in [0.5, 0.6) is 0 Å². The normalized spacial score (nSPS) is 16.4. The maximum atomic E-state index is 14.7. The number of aromatic amines is 1. The number of carbonyl (C=O) groups excluding carboxylic acids is 12. The van der Waals surface area contributed by atoms with Crippen molar-refractivity contribution in [3.8, 4) is 0 Å². The number of carboxylic acids is 1. The molecule has 1 fully saturated rings. The lowest BCUT2D eigenvalue weighted by Crippen LogP contribution is -2.59. The quantitative estimate of drug-likeness (QED) is 0.0299. The number of para-hydroxylation sites is 1. The van der Waals surface area contributed by atoms with E-state index in [1.807, 2.05) is 24.3 Å². The van der Waals surface area contributed by atoms with Gasteiger partial charge in [0, 0.05) is 30.1 Å². The Hall–Kier alpha value is -7.90. The number of nitrogens with two attached hydrogens (primary N) is 3. The minimum atomic E-state index is -1.67. The molecule has 31 heteroatoms. The maximum absolute atomic E-state index is 14.7. The highest BCUT2D eigenvalue weighted by molar-refractivity contribution is 7.98. The number of unbranched alkanes of at least 4 members (excludes halogenated alkanes) is 1. The number of carbonyl (C=O) groups is 13. The van der Waals surface area contributed by atoms with Crippen molar-refractivity contribution in [2.75, 3.05) is 38.2 Å². The monoisotopic (exact) mass is 1290 g/mol. The molecule has 1 aromatic heterocycles. The lowest BCUT2D eigenvalue weighted by Gasteiger charge is -2.31. The summed E-state index contributed by atoms with van der Waals surface area (Å²) in [6.45, 7) is 11.9. The average molecular weight is 1290 g/mol. The predicted octanol–water partition coefficient (Wildman–Crippen LogP) is -2.87. The number of benzene rings is 1. The van der Waals surface area contributed by atoms with Gasteiger partial charge in [-0.25, -0.2) is 4.79 Å². The van der Waals surface area contributed by atoms with Gasteiger partial charge in [0.2, 0.25) is 70.9 Å². The molecule has 2 heterocycles. The second-order valence-electron chi connectivity index (χ2n) is 23.7. The van der Waals surface area contributed by atoms with E-state index in [1.165, 1.54) is 30.5 Å². The van der Waals surface area contributed by atoms with Gasteiger partial charge in [0.25, 0.3) is 0 Å². The van der Waals surface area contributed by atoms with Crippen LogP contribution >= 0.6 is 11.8 Å². The molecule has 1 aliphatic heterocycles. The fourth-order valence-electron chi connectivity index (χ4n) is 9.85. The van der Waals surface area contributed by atoms with E-state index in [-0.39, 0.29) is 63.5 Å².